The second-order valence-corrected chi connectivity index (χ2v) is 9.89. The summed E-state index contributed by atoms with van der Waals surface area (Å²) in [7, 11) is 0.134. The standard InChI is InChI=1S/C18H21N3O4S/c1-19-10-18-11-21(9-13(25-18)8-16(18)26(19,23)24)17(22)15-7-12-5-3-4-6-14(12)20(15)2/h3-7,13,16H,8-11H2,1-2H3/t13-,16+,18-/m1/s1. The minimum absolute atomic E-state index is 0.0658. The van der Waals surface area contributed by atoms with Crippen molar-refractivity contribution in [2.24, 2.45) is 7.05 Å². The van der Waals surface area contributed by atoms with Gasteiger partial charge in [-0.2, -0.15) is 0 Å². The summed E-state index contributed by atoms with van der Waals surface area (Å²) < 4.78 is 34.5. The third-order valence-electron chi connectivity index (χ3n) is 6.09. The number of nitrogens with zero attached hydrogens (tertiary/aromatic N) is 3. The fourth-order valence-corrected chi connectivity index (χ4v) is 6.91. The van der Waals surface area contributed by atoms with Crippen LogP contribution >= 0.6 is 0 Å². The number of carbonyl (C=O) groups excluding carboxylic acids is 1. The first-order chi connectivity index (χ1) is 12.3. The summed E-state index contributed by atoms with van der Waals surface area (Å²) in [6.45, 7) is 1.07. The average molecular weight is 375 g/mol. The van der Waals surface area contributed by atoms with Gasteiger partial charge >= 0.3 is 0 Å². The van der Waals surface area contributed by atoms with Crippen LogP contribution in [0.25, 0.3) is 10.9 Å². The van der Waals surface area contributed by atoms with Crippen molar-refractivity contribution in [2.75, 3.05) is 26.7 Å². The molecule has 5 rings (SSSR count). The molecule has 8 heteroatoms. The Bertz CT molecular complexity index is 1030. The van der Waals surface area contributed by atoms with E-state index in [1.54, 1.807) is 11.9 Å². The molecular formula is C18H21N3O4S. The molecule has 1 spiro atoms. The van der Waals surface area contributed by atoms with Gasteiger partial charge in [0.05, 0.1) is 12.6 Å². The molecule has 2 bridgehead atoms. The summed E-state index contributed by atoms with van der Waals surface area (Å²) in [5.74, 6) is -0.0658. The highest BCUT2D eigenvalue weighted by Gasteiger charge is 2.64. The Kier molecular flexibility index (Phi) is 3.19. The van der Waals surface area contributed by atoms with Crippen LogP contribution in [-0.2, 0) is 21.8 Å². The monoisotopic (exact) mass is 375 g/mol. The number of amides is 1. The first-order valence-corrected chi connectivity index (χ1v) is 10.3. The number of carbonyl (C=O) groups is 1. The van der Waals surface area contributed by atoms with Crippen molar-refractivity contribution in [3.05, 3.63) is 36.0 Å². The Labute approximate surface area is 152 Å². The average Bonchev–Trinajstić information content (AvgIpc) is 3.14. The van der Waals surface area contributed by atoms with E-state index in [4.69, 9.17) is 4.74 Å². The molecule has 26 heavy (non-hydrogen) atoms. The number of morpholine rings is 1. The molecule has 0 aliphatic carbocycles. The summed E-state index contributed by atoms with van der Waals surface area (Å²) in [4.78, 5) is 15.0. The molecule has 0 N–H and O–H groups in total. The van der Waals surface area contributed by atoms with Crippen LogP contribution in [0.3, 0.4) is 0 Å². The lowest BCUT2D eigenvalue weighted by atomic mass is 9.99. The van der Waals surface area contributed by atoms with Gasteiger partial charge in [-0.25, -0.2) is 12.7 Å². The molecule has 3 atom stereocenters. The van der Waals surface area contributed by atoms with Crippen LogP contribution in [-0.4, -0.2) is 71.7 Å². The Morgan fingerprint density at radius 2 is 2.00 bits per heavy atom. The number of para-hydroxylation sites is 1. The van der Waals surface area contributed by atoms with Gasteiger partial charge in [-0.05, 0) is 18.6 Å². The van der Waals surface area contributed by atoms with E-state index in [9.17, 15) is 13.2 Å². The SMILES string of the molecule is CN1C[C@@]23CN(C(=O)c4cc5ccccc5n4C)C[C@@H](C[C@@H]2S1(=O)=O)O3. The van der Waals surface area contributed by atoms with E-state index >= 15 is 0 Å². The molecule has 1 aromatic carbocycles. The number of fused-ring (bicyclic) bond motifs is 2. The van der Waals surface area contributed by atoms with Gasteiger partial charge in [-0.3, -0.25) is 4.79 Å². The van der Waals surface area contributed by atoms with Crippen LogP contribution in [0.4, 0.5) is 0 Å². The van der Waals surface area contributed by atoms with Gasteiger partial charge in [-0.15, -0.1) is 0 Å². The third kappa shape index (κ3) is 2.00. The lowest BCUT2D eigenvalue weighted by molar-refractivity contribution is -0.0967. The number of ether oxygens (including phenoxy) is 1. The van der Waals surface area contributed by atoms with Crippen molar-refractivity contribution < 1.29 is 17.9 Å². The first-order valence-electron chi connectivity index (χ1n) is 8.78. The van der Waals surface area contributed by atoms with E-state index in [0.29, 0.717) is 31.7 Å². The number of likely N-dealkylation sites (tertiary alicyclic amines) is 1. The van der Waals surface area contributed by atoms with Crippen molar-refractivity contribution in [2.45, 2.75) is 23.4 Å². The number of rotatable bonds is 1. The maximum atomic E-state index is 13.2. The minimum atomic E-state index is -3.34. The maximum Gasteiger partial charge on any atom is 0.270 e. The molecule has 7 nitrogen and oxygen atoms in total. The van der Waals surface area contributed by atoms with E-state index in [2.05, 4.69) is 0 Å². The number of likely N-dealkylation sites (N-methyl/N-ethyl adjacent to an activating group) is 1. The fourth-order valence-electron chi connectivity index (χ4n) is 4.87. The topological polar surface area (TPSA) is 71.8 Å². The highest BCUT2D eigenvalue weighted by Crippen LogP contribution is 2.46. The zero-order chi connectivity index (χ0) is 18.3. The number of hydrogen-bond donors (Lipinski definition) is 0. The summed E-state index contributed by atoms with van der Waals surface area (Å²) in [5.41, 5.74) is 0.831. The van der Waals surface area contributed by atoms with Gasteiger partial charge in [-0.1, -0.05) is 18.2 Å². The third-order valence-corrected chi connectivity index (χ3v) is 8.43. The minimum Gasteiger partial charge on any atom is -0.365 e. The first kappa shape index (κ1) is 16.3. The molecule has 4 heterocycles. The molecule has 3 aliphatic rings. The van der Waals surface area contributed by atoms with Crippen LogP contribution in [0.5, 0.6) is 0 Å². The molecule has 0 unspecified atom stereocenters. The molecule has 3 saturated heterocycles. The van der Waals surface area contributed by atoms with Crippen LogP contribution < -0.4 is 0 Å². The maximum absolute atomic E-state index is 13.2. The lowest BCUT2D eigenvalue weighted by Crippen LogP contribution is -2.56. The fraction of sp³-hybridized carbons (Fsp3) is 0.500. The van der Waals surface area contributed by atoms with Gasteiger partial charge in [0, 0.05) is 38.1 Å². The molecule has 0 radical (unpaired) electrons. The Morgan fingerprint density at radius 1 is 1.23 bits per heavy atom. The van der Waals surface area contributed by atoms with Gasteiger partial charge in [0.2, 0.25) is 10.0 Å². The number of aromatic nitrogens is 1. The smallest absolute Gasteiger partial charge is 0.270 e. The quantitative estimate of drug-likeness (QED) is 0.739. The summed E-state index contributed by atoms with van der Waals surface area (Å²) in [5, 5.41) is 0.476. The van der Waals surface area contributed by atoms with Crippen LogP contribution in [0.15, 0.2) is 30.3 Å². The Hall–Kier alpha value is -1.90. The number of hydrogen-bond acceptors (Lipinski definition) is 4. The van der Waals surface area contributed by atoms with Gasteiger partial charge in [0.25, 0.3) is 5.91 Å². The number of sulfonamides is 1. The van der Waals surface area contributed by atoms with E-state index in [-0.39, 0.29) is 12.0 Å². The van der Waals surface area contributed by atoms with Crippen LogP contribution in [0, 0.1) is 0 Å². The molecule has 3 fully saturated rings. The van der Waals surface area contributed by atoms with E-state index < -0.39 is 20.9 Å². The molecule has 138 valence electrons. The van der Waals surface area contributed by atoms with Crippen LogP contribution in [0.2, 0.25) is 0 Å². The van der Waals surface area contributed by atoms with Crippen molar-refractivity contribution in [1.82, 2.24) is 13.8 Å². The summed E-state index contributed by atoms with van der Waals surface area (Å²) >= 11 is 0. The van der Waals surface area contributed by atoms with E-state index in [0.717, 1.165) is 10.9 Å². The molecular weight excluding hydrogens is 354 g/mol. The molecule has 3 aliphatic heterocycles. The van der Waals surface area contributed by atoms with Crippen molar-refractivity contribution in [1.29, 1.82) is 0 Å². The summed E-state index contributed by atoms with van der Waals surface area (Å²) in [6, 6.07) is 9.79. The van der Waals surface area contributed by atoms with Gasteiger partial charge < -0.3 is 14.2 Å². The van der Waals surface area contributed by atoms with Gasteiger partial charge in [0.1, 0.15) is 16.5 Å². The van der Waals surface area contributed by atoms with E-state index in [1.807, 2.05) is 41.9 Å². The zero-order valence-electron chi connectivity index (χ0n) is 14.8. The van der Waals surface area contributed by atoms with Crippen molar-refractivity contribution in [3.63, 3.8) is 0 Å². The normalized spacial score (nSPS) is 32.9. The van der Waals surface area contributed by atoms with Crippen molar-refractivity contribution >= 4 is 26.8 Å². The molecule has 2 aromatic rings. The molecule has 1 aromatic heterocycles. The Balaban J connectivity index is 1.50. The second kappa shape index (κ2) is 5.09. The largest absolute Gasteiger partial charge is 0.365 e. The predicted octanol–water partition coefficient (Wildman–Crippen LogP) is 0.806. The van der Waals surface area contributed by atoms with Crippen LogP contribution in [0.1, 0.15) is 16.9 Å². The lowest BCUT2D eigenvalue weighted by Gasteiger charge is -2.39. The van der Waals surface area contributed by atoms with E-state index in [1.165, 1.54) is 4.31 Å². The highest BCUT2D eigenvalue weighted by molar-refractivity contribution is 7.90. The second-order valence-electron chi connectivity index (χ2n) is 7.66. The van der Waals surface area contributed by atoms with Gasteiger partial charge in [0.15, 0.2) is 0 Å². The predicted molar refractivity (Wildman–Crippen MR) is 96.4 cm³/mol. The summed E-state index contributed by atoms with van der Waals surface area (Å²) in [6.07, 6.45) is 0.252. The molecule has 1 amide bonds. The zero-order valence-corrected chi connectivity index (χ0v) is 15.6. The van der Waals surface area contributed by atoms with Crippen molar-refractivity contribution in [3.8, 4) is 0 Å². The number of benzene rings is 1. The highest BCUT2D eigenvalue weighted by atomic mass is 32.2. The number of aryl methyl sites for hydroxylation is 1. The molecule has 0 saturated carbocycles. The Morgan fingerprint density at radius 3 is 2.77 bits per heavy atom.